The van der Waals surface area contributed by atoms with E-state index >= 15 is 0 Å². The van der Waals surface area contributed by atoms with Crippen LogP contribution in [0.2, 0.25) is 0 Å². The molecule has 1 fully saturated rings. The average molecular weight is 294 g/mol. The summed E-state index contributed by atoms with van der Waals surface area (Å²) in [5.74, 6) is 0. The fourth-order valence-corrected chi connectivity index (χ4v) is 4.51. The fraction of sp³-hybridized carbons (Fsp3) is 0.600. The molecule has 0 amide bonds. The van der Waals surface area contributed by atoms with Crippen molar-refractivity contribution in [2.45, 2.75) is 19.4 Å². The van der Waals surface area contributed by atoms with Crippen LogP contribution in [0.1, 0.15) is 17.5 Å². The van der Waals surface area contributed by atoms with Crippen LogP contribution >= 0.6 is 0 Å². The second-order valence-corrected chi connectivity index (χ2v) is 8.45. The lowest BCUT2D eigenvalue weighted by Crippen LogP contribution is -2.43. The van der Waals surface area contributed by atoms with E-state index in [2.05, 4.69) is 30.1 Å². The number of likely N-dealkylation sites (tertiary alicyclic amines) is 1. The van der Waals surface area contributed by atoms with Crippen LogP contribution in [0.4, 0.5) is 0 Å². The average Bonchev–Trinajstić information content (AvgIpc) is 2.62. The van der Waals surface area contributed by atoms with Gasteiger partial charge in [-0.1, -0.05) is 28.5 Å². The van der Waals surface area contributed by atoms with E-state index in [1.165, 1.54) is 11.8 Å². The largest absolute Gasteiger partial charge is 0.598 e. The number of nitrogens with zero attached hydrogens (tertiary/aromatic N) is 2. The molecule has 0 bridgehead atoms. The summed E-state index contributed by atoms with van der Waals surface area (Å²) in [5.41, 5.74) is 2.54. The first-order chi connectivity index (χ1) is 9.38. The summed E-state index contributed by atoms with van der Waals surface area (Å²) in [6.45, 7) is 3.19. The third-order valence-corrected chi connectivity index (χ3v) is 5.84. The number of hydrogen-bond acceptors (Lipinski definition) is 3. The molecule has 2 atom stereocenters. The highest BCUT2D eigenvalue weighted by atomic mass is 32.3. The monoisotopic (exact) mass is 294 g/mol. The Morgan fingerprint density at radius 2 is 1.95 bits per heavy atom. The lowest BCUT2D eigenvalue weighted by molar-refractivity contribution is 0.212. The summed E-state index contributed by atoms with van der Waals surface area (Å²) in [4.78, 5) is 2.31. The number of hydrogen-bond donors (Lipinski definition) is 0. The van der Waals surface area contributed by atoms with Gasteiger partial charge >= 0.3 is 0 Å². The molecule has 110 valence electrons. The van der Waals surface area contributed by atoms with Crippen LogP contribution in [0.3, 0.4) is 0 Å². The molecule has 4 nitrogen and oxygen atoms in total. The van der Waals surface area contributed by atoms with Gasteiger partial charge in [0.25, 0.3) is 0 Å². The van der Waals surface area contributed by atoms with E-state index in [1.807, 2.05) is 6.07 Å². The second kappa shape index (κ2) is 4.91. The van der Waals surface area contributed by atoms with Crippen molar-refractivity contribution in [3.05, 3.63) is 35.4 Å². The zero-order valence-corrected chi connectivity index (χ0v) is 13.0. The summed E-state index contributed by atoms with van der Waals surface area (Å²) in [6, 6.07) is 8.27. The van der Waals surface area contributed by atoms with Gasteiger partial charge in [-0.3, -0.25) is 0 Å². The predicted molar refractivity (Wildman–Crippen MR) is 79.9 cm³/mol. The molecule has 2 aliphatic rings. The Labute approximate surface area is 122 Å². The van der Waals surface area contributed by atoms with E-state index in [0.717, 1.165) is 31.5 Å². The predicted octanol–water partition coefficient (Wildman–Crippen LogP) is 1.54. The highest BCUT2D eigenvalue weighted by molar-refractivity contribution is 7.94. The molecular weight excluding hydrogens is 272 g/mol. The minimum atomic E-state index is -3.16. The van der Waals surface area contributed by atoms with Crippen molar-refractivity contribution in [1.82, 2.24) is 9.21 Å². The third kappa shape index (κ3) is 2.68. The Kier molecular flexibility index (Phi) is 3.49. The van der Waals surface area contributed by atoms with Gasteiger partial charge in [0, 0.05) is 12.0 Å². The van der Waals surface area contributed by atoms with E-state index in [1.54, 1.807) is 4.31 Å². The smallest absolute Gasteiger partial charge is 0.122 e. The van der Waals surface area contributed by atoms with Crippen LogP contribution in [-0.4, -0.2) is 46.7 Å². The quantitative estimate of drug-likeness (QED) is 0.738. The molecule has 0 radical (unpaired) electrons. The summed E-state index contributed by atoms with van der Waals surface area (Å²) < 4.78 is 25.8. The SMILES string of the molecule is CN1CCC2(Cc3ccccc3CN([S+](C)(=O)[O-])C2)C1. The van der Waals surface area contributed by atoms with Crippen molar-refractivity contribution in [3.8, 4) is 0 Å². The van der Waals surface area contributed by atoms with Gasteiger partial charge in [0.05, 0.1) is 13.1 Å². The number of sulfonamides is 1. The second-order valence-electron chi connectivity index (χ2n) is 6.46. The van der Waals surface area contributed by atoms with Crippen molar-refractivity contribution in [2.24, 2.45) is 5.41 Å². The topological polar surface area (TPSA) is 46.6 Å². The number of benzene rings is 1. The Morgan fingerprint density at radius 1 is 1.25 bits per heavy atom. The minimum absolute atomic E-state index is 0.0738. The van der Waals surface area contributed by atoms with Crippen molar-refractivity contribution >= 4 is 10.4 Å². The third-order valence-electron chi connectivity index (χ3n) is 4.64. The maximum atomic E-state index is 12.1. The minimum Gasteiger partial charge on any atom is -0.598 e. The first kappa shape index (κ1) is 14.2. The van der Waals surface area contributed by atoms with Gasteiger partial charge in [-0.15, -0.1) is 4.31 Å². The molecule has 1 aromatic rings. The molecule has 2 unspecified atom stereocenters. The summed E-state index contributed by atoms with van der Waals surface area (Å²) in [5, 5.41) is 0. The van der Waals surface area contributed by atoms with Crippen LogP contribution in [0, 0.1) is 5.41 Å². The van der Waals surface area contributed by atoms with Gasteiger partial charge in [-0.25, -0.2) is 0 Å². The molecule has 2 heterocycles. The highest BCUT2D eigenvalue weighted by Crippen LogP contribution is 2.39. The Morgan fingerprint density at radius 3 is 2.55 bits per heavy atom. The molecule has 2 aliphatic heterocycles. The Balaban J connectivity index is 2.01. The van der Waals surface area contributed by atoms with Crippen LogP contribution in [-0.2, 0) is 27.6 Å². The van der Waals surface area contributed by atoms with Crippen molar-refractivity contribution in [2.75, 3.05) is 32.9 Å². The number of rotatable bonds is 1. The number of fused-ring (bicyclic) bond motifs is 1. The molecule has 20 heavy (non-hydrogen) atoms. The van der Waals surface area contributed by atoms with Crippen LogP contribution < -0.4 is 0 Å². The zero-order valence-electron chi connectivity index (χ0n) is 12.2. The zero-order chi connectivity index (χ0) is 14.4. The van der Waals surface area contributed by atoms with Crippen molar-refractivity contribution < 1.29 is 8.76 Å². The van der Waals surface area contributed by atoms with E-state index in [0.29, 0.717) is 13.1 Å². The fourth-order valence-electron chi connectivity index (χ4n) is 3.63. The lowest BCUT2D eigenvalue weighted by atomic mass is 9.81. The molecule has 0 aromatic heterocycles. The van der Waals surface area contributed by atoms with Gasteiger partial charge in [0.2, 0.25) is 0 Å². The van der Waals surface area contributed by atoms with E-state index in [-0.39, 0.29) is 5.41 Å². The Bertz CT molecular complexity index is 557. The van der Waals surface area contributed by atoms with Gasteiger partial charge in [0.1, 0.15) is 16.7 Å². The summed E-state index contributed by atoms with van der Waals surface area (Å²) in [7, 11) is -1.04. The van der Waals surface area contributed by atoms with E-state index < -0.39 is 10.4 Å². The van der Waals surface area contributed by atoms with Crippen molar-refractivity contribution in [3.63, 3.8) is 0 Å². The molecule has 3 rings (SSSR count). The summed E-state index contributed by atoms with van der Waals surface area (Å²) in [6.07, 6.45) is 3.39. The highest BCUT2D eigenvalue weighted by Gasteiger charge is 2.43. The van der Waals surface area contributed by atoms with Gasteiger partial charge in [-0.2, -0.15) is 0 Å². The molecular formula is C15H22N2O2S. The van der Waals surface area contributed by atoms with Gasteiger partial charge in [-0.05, 0) is 37.6 Å². The van der Waals surface area contributed by atoms with Crippen molar-refractivity contribution in [1.29, 1.82) is 0 Å². The maximum absolute atomic E-state index is 12.1. The molecule has 0 aliphatic carbocycles. The normalized spacial score (nSPS) is 30.9. The first-order valence-corrected chi connectivity index (χ1v) is 8.93. The van der Waals surface area contributed by atoms with Crippen LogP contribution in [0.15, 0.2) is 24.3 Å². The van der Waals surface area contributed by atoms with Crippen LogP contribution in [0.5, 0.6) is 0 Å². The lowest BCUT2D eigenvalue weighted by Gasteiger charge is -2.32. The van der Waals surface area contributed by atoms with Crippen LogP contribution in [0.25, 0.3) is 0 Å². The molecule has 0 N–H and O–H groups in total. The van der Waals surface area contributed by atoms with Gasteiger partial charge in [0.15, 0.2) is 0 Å². The molecule has 1 aromatic carbocycles. The molecule has 5 heteroatoms. The van der Waals surface area contributed by atoms with E-state index in [9.17, 15) is 8.76 Å². The van der Waals surface area contributed by atoms with E-state index in [4.69, 9.17) is 0 Å². The first-order valence-electron chi connectivity index (χ1n) is 7.08. The maximum Gasteiger partial charge on any atom is 0.122 e. The molecule has 0 saturated carbocycles. The summed E-state index contributed by atoms with van der Waals surface area (Å²) >= 11 is 0. The molecule has 1 saturated heterocycles. The molecule has 1 spiro atoms. The standard InChI is InChI=1S/C15H22N2O2S/c1-16-8-7-15(11-16)9-13-5-3-4-6-14(13)10-17(12-15)20(2,18)19/h3-6H,7-12H2,1-2H3. The Hall–Kier alpha value is -0.750. The van der Waals surface area contributed by atoms with Gasteiger partial charge < -0.3 is 9.45 Å².